The van der Waals surface area contributed by atoms with Gasteiger partial charge in [-0.3, -0.25) is 14.5 Å². The molecule has 0 aliphatic carbocycles. The van der Waals surface area contributed by atoms with E-state index in [9.17, 15) is 14.4 Å². The van der Waals surface area contributed by atoms with Gasteiger partial charge in [0, 0.05) is 19.3 Å². The fourth-order valence-electron chi connectivity index (χ4n) is 4.48. The number of hydrogen-bond acceptors (Lipinski definition) is 5. The average Bonchev–Trinajstić information content (AvgIpc) is 3.43. The van der Waals surface area contributed by atoms with Crippen LogP contribution in [0.25, 0.3) is 0 Å². The molecule has 1 fully saturated rings. The number of benzene rings is 3. The highest BCUT2D eigenvalue weighted by Crippen LogP contribution is 2.27. The Labute approximate surface area is 216 Å². The van der Waals surface area contributed by atoms with E-state index in [1.165, 1.54) is 9.80 Å². The lowest BCUT2D eigenvalue weighted by molar-refractivity contribution is -0.140. The summed E-state index contributed by atoms with van der Waals surface area (Å²) in [7, 11) is 3.17. The van der Waals surface area contributed by atoms with Crippen LogP contribution in [0.2, 0.25) is 0 Å². The highest BCUT2D eigenvalue weighted by Gasteiger charge is 2.40. The standard InChI is InChI=1S/C29H31N3O5/c1-31(28(34)25-14-9-19-32(25)29(35)37-20-21-10-5-3-6-11-21)26(22-12-7-4-8-13-22)27(33)30-23-15-17-24(36-2)18-16-23/h3-8,10-13,15-18,25-26H,9,14,19-20H2,1-2H3,(H,30,33)/t25-,26-/m1/s1. The molecule has 0 radical (unpaired) electrons. The zero-order valence-corrected chi connectivity index (χ0v) is 21.0. The summed E-state index contributed by atoms with van der Waals surface area (Å²) < 4.78 is 10.7. The van der Waals surface area contributed by atoms with Crippen molar-refractivity contribution in [3.05, 3.63) is 96.1 Å². The van der Waals surface area contributed by atoms with Gasteiger partial charge in [0.1, 0.15) is 24.4 Å². The Balaban J connectivity index is 1.49. The van der Waals surface area contributed by atoms with E-state index < -0.39 is 18.2 Å². The molecule has 1 aliphatic heterocycles. The van der Waals surface area contributed by atoms with Crippen molar-refractivity contribution in [2.24, 2.45) is 0 Å². The lowest BCUT2D eigenvalue weighted by Crippen LogP contribution is -2.49. The van der Waals surface area contributed by atoms with Gasteiger partial charge in [-0.05, 0) is 48.2 Å². The minimum atomic E-state index is -0.890. The molecule has 0 spiro atoms. The van der Waals surface area contributed by atoms with Crippen LogP contribution in [0.15, 0.2) is 84.9 Å². The molecule has 1 heterocycles. The van der Waals surface area contributed by atoms with Crippen LogP contribution in [0.3, 0.4) is 0 Å². The summed E-state index contributed by atoms with van der Waals surface area (Å²) in [4.78, 5) is 42.9. The molecule has 3 aromatic carbocycles. The topological polar surface area (TPSA) is 88.2 Å². The van der Waals surface area contributed by atoms with E-state index in [-0.39, 0.29) is 18.4 Å². The second kappa shape index (κ2) is 12.1. The lowest BCUT2D eigenvalue weighted by atomic mass is 10.0. The van der Waals surface area contributed by atoms with Crippen molar-refractivity contribution in [1.82, 2.24) is 9.80 Å². The molecule has 1 aliphatic rings. The largest absolute Gasteiger partial charge is 0.497 e. The van der Waals surface area contributed by atoms with E-state index in [0.29, 0.717) is 36.4 Å². The summed E-state index contributed by atoms with van der Waals surface area (Å²) in [5.41, 5.74) is 2.12. The minimum absolute atomic E-state index is 0.129. The molecule has 192 valence electrons. The average molecular weight is 502 g/mol. The number of nitrogens with one attached hydrogen (secondary N) is 1. The number of rotatable bonds is 8. The van der Waals surface area contributed by atoms with Crippen molar-refractivity contribution in [2.45, 2.75) is 31.5 Å². The predicted octanol–water partition coefficient (Wildman–Crippen LogP) is 4.63. The summed E-state index contributed by atoms with van der Waals surface area (Å²) in [6.07, 6.45) is 0.649. The van der Waals surface area contributed by atoms with Crippen LogP contribution < -0.4 is 10.1 Å². The molecule has 1 N–H and O–H groups in total. The number of carbonyl (C=O) groups excluding carboxylic acids is 3. The summed E-state index contributed by atoms with van der Waals surface area (Å²) in [6, 6.07) is 23.9. The van der Waals surface area contributed by atoms with Crippen molar-refractivity contribution in [3.8, 4) is 5.75 Å². The Hall–Kier alpha value is -4.33. The van der Waals surface area contributed by atoms with Crippen LogP contribution in [0.4, 0.5) is 10.5 Å². The smallest absolute Gasteiger partial charge is 0.410 e. The molecule has 37 heavy (non-hydrogen) atoms. The van der Waals surface area contributed by atoms with Crippen LogP contribution in [0.5, 0.6) is 5.75 Å². The normalized spacial score (nSPS) is 15.5. The number of likely N-dealkylation sites (N-methyl/N-ethyl adjacent to an activating group) is 1. The van der Waals surface area contributed by atoms with Crippen LogP contribution in [-0.4, -0.2) is 54.5 Å². The van der Waals surface area contributed by atoms with E-state index >= 15 is 0 Å². The first kappa shape index (κ1) is 25.8. The maximum absolute atomic E-state index is 13.7. The number of nitrogens with zero attached hydrogens (tertiary/aromatic N) is 2. The molecule has 4 rings (SSSR count). The molecule has 8 nitrogen and oxygen atoms in total. The van der Waals surface area contributed by atoms with Crippen LogP contribution >= 0.6 is 0 Å². The number of carbonyl (C=O) groups is 3. The van der Waals surface area contributed by atoms with Gasteiger partial charge in [-0.2, -0.15) is 0 Å². The third-order valence-electron chi connectivity index (χ3n) is 6.43. The van der Waals surface area contributed by atoms with Crippen LogP contribution in [0.1, 0.15) is 30.0 Å². The zero-order valence-electron chi connectivity index (χ0n) is 21.0. The number of amides is 3. The number of likely N-dealkylation sites (tertiary alicyclic amines) is 1. The van der Waals surface area contributed by atoms with Crippen LogP contribution in [-0.2, 0) is 20.9 Å². The predicted molar refractivity (Wildman–Crippen MR) is 140 cm³/mol. The molecule has 8 heteroatoms. The van der Waals surface area contributed by atoms with Gasteiger partial charge < -0.3 is 19.7 Å². The molecular weight excluding hydrogens is 470 g/mol. The van der Waals surface area contributed by atoms with Gasteiger partial charge in [0.15, 0.2) is 0 Å². The number of hydrogen-bond donors (Lipinski definition) is 1. The monoisotopic (exact) mass is 501 g/mol. The summed E-state index contributed by atoms with van der Waals surface area (Å²) in [6.45, 7) is 0.551. The van der Waals surface area contributed by atoms with Gasteiger partial charge in [-0.25, -0.2) is 4.79 Å². The van der Waals surface area contributed by atoms with Gasteiger partial charge in [-0.15, -0.1) is 0 Å². The number of methoxy groups -OCH3 is 1. The van der Waals surface area contributed by atoms with Gasteiger partial charge in [-0.1, -0.05) is 60.7 Å². The number of ether oxygens (including phenoxy) is 2. The van der Waals surface area contributed by atoms with E-state index in [2.05, 4.69) is 5.32 Å². The zero-order chi connectivity index (χ0) is 26.2. The minimum Gasteiger partial charge on any atom is -0.497 e. The first-order valence-corrected chi connectivity index (χ1v) is 12.2. The molecule has 0 bridgehead atoms. The van der Waals surface area contributed by atoms with Gasteiger partial charge >= 0.3 is 6.09 Å². The van der Waals surface area contributed by atoms with Gasteiger partial charge in [0.2, 0.25) is 5.91 Å². The van der Waals surface area contributed by atoms with Gasteiger partial charge in [0.25, 0.3) is 5.91 Å². The van der Waals surface area contributed by atoms with Crippen LogP contribution in [0, 0.1) is 0 Å². The molecule has 2 atom stereocenters. The van der Waals surface area contributed by atoms with Crippen molar-refractivity contribution >= 4 is 23.6 Å². The van der Waals surface area contributed by atoms with E-state index in [0.717, 1.165) is 5.56 Å². The molecule has 0 unspecified atom stereocenters. The van der Waals surface area contributed by atoms with E-state index in [4.69, 9.17) is 9.47 Å². The molecular formula is C29H31N3O5. The third kappa shape index (κ3) is 6.27. The molecule has 3 aromatic rings. The highest BCUT2D eigenvalue weighted by atomic mass is 16.6. The maximum atomic E-state index is 13.7. The summed E-state index contributed by atoms with van der Waals surface area (Å²) in [5, 5.41) is 2.90. The Morgan fingerprint density at radius 3 is 2.27 bits per heavy atom. The Morgan fingerprint density at radius 1 is 0.973 bits per heavy atom. The van der Waals surface area contributed by atoms with Crippen molar-refractivity contribution < 1.29 is 23.9 Å². The van der Waals surface area contributed by atoms with E-state index in [1.807, 2.05) is 60.7 Å². The molecule has 0 aromatic heterocycles. The first-order chi connectivity index (χ1) is 18.0. The second-order valence-corrected chi connectivity index (χ2v) is 8.87. The van der Waals surface area contributed by atoms with Crippen molar-refractivity contribution in [1.29, 1.82) is 0 Å². The summed E-state index contributed by atoms with van der Waals surface area (Å²) >= 11 is 0. The fraction of sp³-hybridized carbons (Fsp3) is 0.276. The SMILES string of the molecule is COc1ccc(NC(=O)[C@@H](c2ccccc2)N(C)C(=O)[C@H]2CCCN2C(=O)OCc2ccccc2)cc1. The third-order valence-corrected chi connectivity index (χ3v) is 6.43. The van der Waals surface area contributed by atoms with Crippen molar-refractivity contribution in [2.75, 3.05) is 26.0 Å². The van der Waals surface area contributed by atoms with E-state index in [1.54, 1.807) is 38.4 Å². The molecule has 1 saturated heterocycles. The fourth-order valence-corrected chi connectivity index (χ4v) is 4.48. The Morgan fingerprint density at radius 2 is 1.62 bits per heavy atom. The first-order valence-electron chi connectivity index (χ1n) is 12.2. The van der Waals surface area contributed by atoms with Crippen molar-refractivity contribution in [3.63, 3.8) is 0 Å². The molecule has 0 saturated carbocycles. The quantitative estimate of drug-likeness (QED) is 0.486. The second-order valence-electron chi connectivity index (χ2n) is 8.87. The Bertz CT molecular complexity index is 1200. The Kier molecular flexibility index (Phi) is 8.40. The maximum Gasteiger partial charge on any atom is 0.410 e. The number of anilines is 1. The highest BCUT2D eigenvalue weighted by molar-refractivity contribution is 5.99. The summed E-state index contributed by atoms with van der Waals surface area (Å²) in [5.74, 6) is 0.00157. The molecule has 3 amide bonds. The van der Waals surface area contributed by atoms with Gasteiger partial charge in [0.05, 0.1) is 7.11 Å². The lowest BCUT2D eigenvalue weighted by Gasteiger charge is -2.32.